The zero-order valence-corrected chi connectivity index (χ0v) is 20.0. The topological polar surface area (TPSA) is 82.1 Å². The second kappa shape index (κ2) is 9.09. The molecule has 2 aliphatic carbocycles. The van der Waals surface area contributed by atoms with E-state index in [1.54, 1.807) is 6.08 Å². The van der Waals surface area contributed by atoms with Gasteiger partial charge in [-0.3, -0.25) is 0 Å². The van der Waals surface area contributed by atoms with Crippen LogP contribution in [0.15, 0.2) is 12.2 Å². The van der Waals surface area contributed by atoms with Crippen molar-refractivity contribution < 1.29 is 28.9 Å². The lowest BCUT2D eigenvalue weighted by Crippen LogP contribution is -2.62. The van der Waals surface area contributed by atoms with Crippen molar-refractivity contribution in [3.8, 4) is 0 Å². The molecule has 0 spiro atoms. The van der Waals surface area contributed by atoms with Gasteiger partial charge in [0.2, 0.25) is 0 Å². The average Bonchev–Trinajstić information content (AvgIpc) is 3.28. The van der Waals surface area contributed by atoms with Gasteiger partial charge >= 0.3 is 11.9 Å². The summed E-state index contributed by atoms with van der Waals surface area (Å²) in [5, 5.41) is 9.27. The van der Waals surface area contributed by atoms with Crippen molar-refractivity contribution in [1.82, 2.24) is 0 Å². The van der Waals surface area contributed by atoms with E-state index in [1.807, 2.05) is 13.0 Å². The van der Waals surface area contributed by atoms with Gasteiger partial charge in [-0.1, -0.05) is 46.1 Å². The number of hydrogen-bond donors (Lipinski definition) is 1. The Balaban J connectivity index is 1.61. The molecule has 0 unspecified atom stereocenters. The molecule has 2 saturated heterocycles. The van der Waals surface area contributed by atoms with Gasteiger partial charge < -0.3 is 19.3 Å². The highest BCUT2D eigenvalue weighted by Gasteiger charge is 2.72. The Bertz CT molecular complexity index is 741. The minimum Gasteiger partial charge on any atom is -0.457 e. The smallest absolute Gasteiger partial charge is 0.332 e. The number of aliphatic hydroxyl groups is 1. The first kappa shape index (κ1) is 23.7. The fraction of sp³-hybridized carbons (Fsp3) is 0.846. The van der Waals surface area contributed by atoms with Gasteiger partial charge in [0, 0.05) is 18.4 Å². The maximum atomic E-state index is 13.0. The summed E-state index contributed by atoms with van der Waals surface area (Å²) in [6.45, 7) is 7.82. The molecule has 6 nitrogen and oxygen atoms in total. The SMILES string of the molecule is CC(C)[C@@]12C[C@@H](OC(=O)CO)[C@@](C)(O1)[C@@H]1CC[C@@H](C)[C@H]1[C@@H]2OC(=O)/C=C/C1CCCCC1. The van der Waals surface area contributed by atoms with Crippen LogP contribution in [0.25, 0.3) is 0 Å². The highest BCUT2D eigenvalue weighted by atomic mass is 16.6. The molecule has 32 heavy (non-hydrogen) atoms. The fourth-order valence-electron chi connectivity index (χ4n) is 7.15. The summed E-state index contributed by atoms with van der Waals surface area (Å²) in [7, 11) is 0. The summed E-state index contributed by atoms with van der Waals surface area (Å²) in [6, 6.07) is 0. The van der Waals surface area contributed by atoms with E-state index in [9.17, 15) is 14.7 Å². The van der Waals surface area contributed by atoms with Gasteiger partial charge in [-0.15, -0.1) is 0 Å². The van der Waals surface area contributed by atoms with Gasteiger partial charge in [-0.05, 0) is 56.3 Å². The summed E-state index contributed by atoms with van der Waals surface area (Å²) in [5.41, 5.74) is -1.34. The molecule has 4 rings (SSSR count). The van der Waals surface area contributed by atoms with E-state index in [4.69, 9.17) is 14.2 Å². The van der Waals surface area contributed by atoms with E-state index in [2.05, 4.69) is 20.8 Å². The van der Waals surface area contributed by atoms with Gasteiger partial charge in [-0.25, -0.2) is 9.59 Å². The molecule has 0 amide bonds. The van der Waals surface area contributed by atoms with E-state index < -0.39 is 29.9 Å². The Morgan fingerprint density at radius 3 is 2.50 bits per heavy atom. The molecule has 4 fully saturated rings. The van der Waals surface area contributed by atoms with Crippen LogP contribution in [-0.2, 0) is 23.8 Å². The lowest BCUT2D eigenvalue weighted by atomic mass is 9.69. The number of ether oxygens (including phenoxy) is 3. The van der Waals surface area contributed by atoms with Crippen molar-refractivity contribution in [3.63, 3.8) is 0 Å². The zero-order chi connectivity index (χ0) is 23.1. The number of carbonyl (C=O) groups is 2. The summed E-state index contributed by atoms with van der Waals surface area (Å²) in [5.74, 6) is 0.333. The standard InChI is InChI=1S/C26H40O6/c1-16(2)26-14-20(30-22(29)15-27)25(4,32-26)19-12-10-17(3)23(19)24(26)31-21(28)13-11-18-8-6-5-7-9-18/h11,13,16-20,23-24,27H,5-10,12,14-15H2,1-4H3/b13-11+/t17-,19-,20-,23-,24+,25+,26-/m1/s1. The highest BCUT2D eigenvalue weighted by molar-refractivity contribution is 5.82. The summed E-state index contributed by atoms with van der Waals surface area (Å²) >= 11 is 0. The zero-order valence-electron chi connectivity index (χ0n) is 20.0. The quantitative estimate of drug-likeness (QED) is 0.485. The van der Waals surface area contributed by atoms with Crippen molar-refractivity contribution in [2.24, 2.45) is 29.6 Å². The Labute approximate surface area is 192 Å². The first-order valence-corrected chi connectivity index (χ1v) is 12.6. The van der Waals surface area contributed by atoms with Crippen LogP contribution in [-0.4, -0.2) is 47.1 Å². The number of aliphatic hydroxyl groups excluding tert-OH is 1. The van der Waals surface area contributed by atoms with Gasteiger partial charge in [0.25, 0.3) is 0 Å². The number of esters is 2. The Hall–Kier alpha value is -1.40. The van der Waals surface area contributed by atoms with Crippen LogP contribution < -0.4 is 0 Å². The molecule has 1 N–H and O–H groups in total. The summed E-state index contributed by atoms with van der Waals surface area (Å²) in [4.78, 5) is 25.0. The second-order valence-corrected chi connectivity index (χ2v) is 11.1. The third-order valence-electron chi connectivity index (χ3n) is 8.95. The Morgan fingerprint density at radius 1 is 1.12 bits per heavy atom. The fourth-order valence-corrected chi connectivity index (χ4v) is 7.15. The molecule has 0 aromatic heterocycles. The third-order valence-corrected chi connectivity index (χ3v) is 8.95. The monoisotopic (exact) mass is 448 g/mol. The lowest BCUT2D eigenvalue weighted by Gasteiger charge is -2.52. The number of fused-ring (bicyclic) bond motifs is 4. The molecule has 0 aromatic carbocycles. The van der Waals surface area contributed by atoms with Crippen LogP contribution >= 0.6 is 0 Å². The van der Waals surface area contributed by atoms with Gasteiger partial charge in [0.15, 0.2) is 0 Å². The molecule has 0 aromatic rings. The third kappa shape index (κ3) is 4.02. The minimum absolute atomic E-state index is 0.0773. The van der Waals surface area contributed by atoms with Gasteiger partial charge in [0.05, 0.1) is 0 Å². The molecule has 0 radical (unpaired) electrons. The van der Waals surface area contributed by atoms with Crippen molar-refractivity contribution >= 4 is 11.9 Å². The number of rotatable bonds is 6. The van der Waals surface area contributed by atoms with Crippen LogP contribution in [0.3, 0.4) is 0 Å². The highest BCUT2D eigenvalue weighted by Crippen LogP contribution is 2.63. The predicted octanol–water partition coefficient (Wildman–Crippen LogP) is 4.19. The molecule has 6 heteroatoms. The van der Waals surface area contributed by atoms with E-state index in [0.717, 1.165) is 25.7 Å². The molecular weight excluding hydrogens is 408 g/mol. The summed E-state index contributed by atoms with van der Waals surface area (Å²) < 4.78 is 18.8. The predicted molar refractivity (Wildman–Crippen MR) is 120 cm³/mol. The van der Waals surface area contributed by atoms with Crippen molar-refractivity contribution in [1.29, 1.82) is 0 Å². The van der Waals surface area contributed by atoms with Crippen molar-refractivity contribution in [2.75, 3.05) is 6.61 Å². The number of allylic oxidation sites excluding steroid dienone is 1. The number of hydrogen-bond acceptors (Lipinski definition) is 6. The first-order valence-electron chi connectivity index (χ1n) is 12.6. The Morgan fingerprint density at radius 2 is 1.84 bits per heavy atom. The van der Waals surface area contributed by atoms with Crippen LogP contribution in [0.5, 0.6) is 0 Å². The Kier molecular flexibility index (Phi) is 6.75. The van der Waals surface area contributed by atoms with Crippen LogP contribution in [0.2, 0.25) is 0 Å². The lowest BCUT2D eigenvalue weighted by molar-refractivity contribution is -0.264. The van der Waals surface area contributed by atoms with Crippen LogP contribution in [0.1, 0.15) is 79.1 Å². The first-order chi connectivity index (χ1) is 15.2. The van der Waals surface area contributed by atoms with Crippen molar-refractivity contribution in [3.05, 3.63) is 12.2 Å². The number of carbonyl (C=O) groups excluding carboxylic acids is 2. The maximum absolute atomic E-state index is 13.0. The van der Waals surface area contributed by atoms with Crippen LogP contribution in [0, 0.1) is 29.6 Å². The van der Waals surface area contributed by atoms with Gasteiger partial charge in [0.1, 0.15) is 30.0 Å². The molecule has 2 aliphatic heterocycles. The summed E-state index contributed by atoms with van der Waals surface area (Å²) in [6.07, 6.45) is 11.3. The molecule has 7 atom stereocenters. The van der Waals surface area contributed by atoms with E-state index in [0.29, 0.717) is 18.3 Å². The van der Waals surface area contributed by atoms with E-state index in [1.165, 1.54) is 19.3 Å². The molecular formula is C26H40O6. The maximum Gasteiger partial charge on any atom is 0.332 e. The largest absolute Gasteiger partial charge is 0.457 e. The van der Waals surface area contributed by atoms with Crippen molar-refractivity contribution in [2.45, 2.75) is 102 Å². The molecule has 180 valence electrons. The second-order valence-electron chi connectivity index (χ2n) is 11.1. The molecule has 4 aliphatic rings. The van der Waals surface area contributed by atoms with Crippen LogP contribution in [0.4, 0.5) is 0 Å². The molecule has 2 bridgehead atoms. The average molecular weight is 449 g/mol. The molecule has 2 saturated carbocycles. The van der Waals surface area contributed by atoms with E-state index >= 15 is 0 Å². The minimum atomic E-state index is -0.705. The van der Waals surface area contributed by atoms with Gasteiger partial charge in [-0.2, -0.15) is 0 Å². The van der Waals surface area contributed by atoms with E-state index in [-0.39, 0.29) is 29.8 Å². The normalized spacial score (nSPS) is 41.8. The molecule has 2 heterocycles.